The first kappa shape index (κ1) is 14.1. The van der Waals surface area contributed by atoms with Gasteiger partial charge in [-0.1, -0.05) is 6.92 Å². The zero-order valence-corrected chi connectivity index (χ0v) is 11.9. The number of nitriles is 1. The SMILES string of the molecule is CCCn1cc(S(=O)(=O)Nc2[nH]ncc2C#N)nc1C. The van der Waals surface area contributed by atoms with Gasteiger partial charge in [0.05, 0.1) is 6.20 Å². The van der Waals surface area contributed by atoms with Crippen LogP contribution in [-0.4, -0.2) is 28.2 Å². The van der Waals surface area contributed by atoms with Gasteiger partial charge in [-0.2, -0.15) is 18.8 Å². The van der Waals surface area contributed by atoms with Gasteiger partial charge in [-0.25, -0.2) is 4.98 Å². The largest absolute Gasteiger partial charge is 0.334 e. The van der Waals surface area contributed by atoms with E-state index in [1.165, 1.54) is 12.4 Å². The molecule has 0 saturated heterocycles. The molecule has 8 nitrogen and oxygen atoms in total. The van der Waals surface area contributed by atoms with Gasteiger partial charge in [0.25, 0.3) is 10.0 Å². The fourth-order valence-corrected chi connectivity index (χ4v) is 2.76. The summed E-state index contributed by atoms with van der Waals surface area (Å²) in [5, 5.41) is 14.8. The minimum atomic E-state index is -3.84. The Morgan fingerprint density at radius 2 is 2.30 bits per heavy atom. The van der Waals surface area contributed by atoms with E-state index in [2.05, 4.69) is 19.9 Å². The number of imidazole rings is 1. The standard InChI is InChI=1S/C11H14N6O2S/c1-3-4-17-7-10(14-8(17)2)20(18,19)16-11-9(5-12)6-13-15-11/h6-7H,3-4H2,1-2H3,(H2,13,15,16). The van der Waals surface area contributed by atoms with Crippen molar-refractivity contribution in [3.8, 4) is 6.07 Å². The van der Waals surface area contributed by atoms with Gasteiger partial charge >= 0.3 is 0 Å². The van der Waals surface area contributed by atoms with Gasteiger partial charge in [0.1, 0.15) is 17.5 Å². The molecule has 2 N–H and O–H groups in total. The molecule has 0 spiro atoms. The van der Waals surface area contributed by atoms with Crippen molar-refractivity contribution in [1.82, 2.24) is 19.7 Å². The van der Waals surface area contributed by atoms with Crippen LogP contribution in [0.1, 0.15) is 24.7 Å². The van der Waals surface area contributed by atoms with Crippen LogP contribution in [0.3, 0.4) is 0 Å². The van der Waals surface area contributed by atoms with Gasteiger partial charge in [-0.3, -0.25) is 9.82 Å². The minimum Gasteiger partial charge on any atom is -0.334 e. The molecule has 2 rings (SSSR count). The van der Waals surface area contributed by atoms with Crippen LogP contribution in [0.5, 0.6) is 0 Å². The second-order valence-corrected chi connectivity index (χ2v) is 5.83. The molecule has 0 aliphatic carbocycles. The van der Waals surface area contributed by atoms with Crippen molar-refractivity contribution in [1.29, 1.82) is 5.26 Å². The van der Waals surface area contributed by atoms with E-state index >= 15 is 0 Å². The number of aromatic nitrogens is 4. The van der Waals surface area contributed by atoms with Gasteiger partial charge in [0.15, 0.2) is 10.8 Å². The Morgan fingerprint density at radius 1 is 1.55 bits per heavy atom. The lowest BCUT2D eigenvalue weighted by molar-refractivity contribution is 0.597. The number of sulfonamides is 1. The Balaban J connectivity index is 2.32. The fourth-order valence-electron chi connectivity index (χ4n) is 1.71. The summed E-state index contributed by atoms with van der Waals surface area (Å²) < 4.78 is 28.4. The molecule has 2 aromatic heterocycles. The number of H-pyrrole nitrogens is 1. The number of nitrogens with zero attached hydrogens (tertiary/aromatic N) is 4. The molecule has 106 valence electrons. The Kier molecular flexibility index (Phi) is 3.76. The molecule has 0 amide bonds. The normalized spacial score (nSPS) is 11.2. The van der Waals surface area contributed by atoms with E-state index in [0.717, 1.165) is 6.42 Å². The maximum Gasteiger partial charge on any atom is 0.282 e. The molecule has 0 fully saturated rings. The second kappa shape index (κ2) is 5.34. The van der Waals surface area contributed by atoms with E-state index in [-0.39, 0.29) is 16.4 Å². The summed E-state index contributed by atoms with van der Waals surface area (Å²) in [6.45, 7) is 4.43. The highest BCUT2D eigenvalue weighted by Gasteiger charge is 2.21. The molecule has 2 heterocycles. The molecule has 0 bridgehead atoms. The molecule has 0 unspecified atom stereocenters. The highest BCUT2D eigenvalue weighted by molar-refractivity contribution is 7.92. The molecule has 9 heteroatoms. The first-order valence-electron chi connectivity index (χ1n) is 5.98. The number of nitrogens with one attached hydrogen (secondary N) is 2. The van der Waals surface area contributed by atoms with Crippen LogP contribution in [0.2, 0.25) is 0 Å². The Hall–Kier alpha value is -2.34. The van der Waals surface area contributed by atoms with E-state index in [0.29, 0.717) is 12.4 Å². The third-order valence-corrected chi connectivity index (χ3v) is 3.91. The summed E-state index contributed by atoms with van der Waals surface area (Å²) in [6, 6.07) is 1.84. The Labute approximate surface area is 116 Å². The average Bonchev–Trinajstić information content (AvgIpc) is 2.97. The van der Waals surface area contributed by atoms with E-state index in [9.17, 15) is 8.42 Å². The molecule has 0 atom stereocenters. The molecule has 0 aliphatic rings. The summed E-state index contributed by atoms with van der Waals surface area (Å²) in [6.07, 6.45) is 3.60. The lowest BCUT2D eigenvalue weighted by Crippen LogP contribution is -2.14. The quantitative estimate of drug-likeness (QED) is 0.853. The van der Waals surface area contributed by atoms with Crippen molar-refractivity contribution in [2.45, 2.75) is 31.8 Å². The van der Waals surface area contributed by atoms with Crippen LogP contribution in [0.15, 0.2) is 17.4 Å². The van der Waals surface area contributed by atoms with E-state index < -0.39 is 10.0 Å². The van der Waals surface area contributed by atoms with Crippen molar-refractivity contribution < 1.29 is 8.42 Å². The molecule has 0 aromatic carbocycles. The molecule has 0 aliphatic heterocycles. The molecular formula is C11H14N6O2S. The predicted molar refractivity (Wildman–Crippen MR) is 71.4 cm³/mol. The van der Waals surface area contributed by atoms with Gasteiger partial charge in [0, 0.05) is 12.7 Å². The molecule has 20 heavy (non-hydrogen) atoms. The van der Waals surface area contributed by atoms with Crippen molar-refractivity contribution in [2.24, 2.45) is 0 Å². The number of aryl methyl sites for hydroxylation is 2. The molecular weight excluding hydrogens is 280 g/mol. The lowest BCUT2D eigenvalue weighted by atomic mass is 10.4. The third-order valence-electron chi connectivity index (χ3n) is 2.69. The van der Waals surface area contributed by atoms with Gasteiger partial charge in [0.2, 0.25) is 0 Å². The zero-order valence-electron chi connectivity index (χ0n) is 11.1. The zero-order chi connectivity index (χ0) is 14.8. The lowest BCUT2D eigenvalue weighted by Gasteiger charge is -2.03. The van der Waals surface area contributed by atoms with Crippen LogP contribution < -0.4 is 4.72 Å². The first-order chi connectivity index (χ1) is 9.47. The summed E-state index contributed by atoms with van der Waals surface area (Å²) in [7, 11) is -3.84. The average molecular weight is 294 g/mol. The maximum absolute atomic E-state index is 12.2. The number of rotatable bonds is 5. The monoisotopic (exact) mass is 294 g/mol. The van der Waals surface area contributed by atoms with Crippen LogP contribution in [-0.2, 0) is 16.6 Å². The Morgan fingerprint density at radius 3 is 2.95 bits per heavy atom. The third kappa shape index (κ3) is 2.65. The van der Waals surface area contributed by atoms with Crippen LogP contribution in [0.25, 0.3) is 0 Å². The highest BCUT2D eigenvalue weighted by Crippen LogP contribution is 2.16. The topological polar surface area (TPSA) is 116 Å². The maximum atomic E-state index is 12.2. The molecule has 0 radical (unpaired) electrons. The Bertz CT molecular complexity index is 752. The predicted octanol–water partition coefficient (Wildman–Crippen LogP) is 0.997. The van der Waals surface area contributed by atoms with E-state index in [4.69, 9.17) is 5.26 Å². The van der Waals surface area contributed by atoms with Crippen molar-refractivity contribution in [3.05, 3.63) is 23.8 Å². The number of anilines is 1. The number of aromatic amines is 1. The van der Waals surface area contributed by atoms with Crippen molar-refractivity contribution in [3.63, 3.8) is 0 Å². The smallest absolute Gasteiger partial charge is 0.282 e. The highest BCUT2D eigenvalue weighted by atomic mass is 32.2. The van der Waals surface area contributed by atoms with Crippen LogP contribution >= 0.6 is 0 Å². The summed E-state index contributed by atoms with van der Waals surface area (Å²) in [5.41, 5.74) is 0.123. The summed E-state index contributed by atoms with van der Waals surface area (Å²) in [5.74, 6) is 0.660. The molecule has 0 saturated carbocycles. The van der Waals surface area contributed by atoms with Crippen molar-refractivity contribution >= 4 is 15.8 Å². The first-order valence-corrected chi connectivity index (χ1v) is 7.46. The minimum absolute atomic E-state index is 0.0372. The van der Waals surface area contributed by atoms with E-state index in [1.54, 1.807) is 11.5 Å². The second-order valence-electron chi connectivity index (χ2n) is 4.20. The summed E-state index contributed by atoms with van der Waals surface area (Å²) >= 11 is 0. The van der Waals surface area contributed by atoms with Crippen molar-refractivity contribution in [2.75, 3.05) is 4.72 Å². The fraction of sp³-hybridized carbons (Fsp3) is 0.364. The summed E-state index contributed by atoms with van der Waals surface area (Å²) in [4.78, 5) is 4.03. The van der Waals surface area contributed by atoms with Gasteiger partial charge < -0.3 is 4.57 Å². The van der Waals surface area contributed by atoms with Gasteiger partial charge in [-0.05, 0) is 13.3 Å². The number of hydrogen-bond acceptors (Lipinski definition) is 5. The van der Waals surface area contributed by atoms with Crippen LogP contribution in [0, 0.1) is 18.3 Å². The van der Waals surface area contributed by atoms with E-state index in [1.807, 2.05) is 13.0 Å². The van der Waals surface area contributed by atoms with Gasteiger partial charge in [-0.15, -0.1) is 0 Å². The van der Waals surface area contributed by atoms with Crippen LogP contribution in [0.4, 0.5) is 5.82 Å². The number of hydrogen-bond donors (Lipinski definition) is 2. The molecule has 2 aromatic rings.